The second-order valence-electron chi connectivity index (χ2n) is 6.54. The maximum Gasteiger partial charge on any atom is 0.222 e. The van der Waals surface area contributed by atoms with Crippen LogP contribution in [0.15, 0.2) is 12.1 Å². The zero-order chi connectivity index (χ0) is 14.8. The number of rotatable bonds is 5. The number of carbonyl (C=O) groups is 1. The van der Waals surface area contributed by atoms with Gasteiger partial charge in [0.05, 0.1) is 6.61 Å². The van der Waals surface area contributed by atoms with Crippen molar-refractivity contribution in [1.82, 2.24) is 5.32 Å². The number of hydrogen-bond donors (Lipinski definition) is 1. The van der Waals surface area contributed by atoms with E-state index >= 15 is 0 Å². The van der Waals surface area contributed by atoms with Gasteiger partial charge in [0.1, 0.15) is 5.75 Å². The molecule has 0 unspecified atom stereocenters. The highest BCUT2D eigenvalue weighted by atomic mass is 16.5. The molecule has 0 aromatic heterocycles. The van der Waals surface area contributed by atoms with E-state index in [1.165, 1.54) is 30.4 Å². The van der Waals surface area contributed by atoms with Crippen LogP contribution in [-0.2, 0) is 17.6 Å². The van der Waals surface area contributed by atoms with Crippen LogP contribution in [0.4, 0.5) is 0 Å². The summed E-state index contributed by atoms with van der Waals surface area (Å²) in [6, 6.07) is 4.40. The van der Waals surface area contributed by atoms with Crippen LogP contribution in [0.5, 0.6) is 5.75 Å². The molecule has 1 amide bonds. The molecule has 1 aliphatic carbocycles. The first kappa shape index (κ1) is 14.4. The third kappa shape index (κ3) is 2.92. The predicted octanol–water partition coefficient (Wildman–Crippen LogP) is 3.20. The van der Waals surface area contributed by atoms with E-state index in [1.54, 1.807) is 5.56 Å². The molecular formula is C18H25NO2. The molecule has 1 heterocycles. The van der Waals surface area contributed by atoms with Crippen molar-refractivity contribution in [2.45, 2.75) is 51.9 Å². The molecule has 0 spiro atoms. The molecule has 3 heteroatoms. The summed E-state index contributed by atoms with van der Waals surface area (Å²) < 4.78 is 5.70. The SMILES string of the molecule is CC(C)C(=O)NCCC[C@@H]1CCc2ccc3c(c21)CCO3. The standard InChI is InChI=1S/C18H25NO2/c1-12(2)18(20)19-10-3-4-13-5-6-14-7-8-16-15(17(13)14)9-11-21-16/h7-8,12-13H,3-6,9-11H2,1-2H3,(H,19,20)/t13-/m1/s1. The lowest BCUT2D eigenvalue weighted by atomic mass is 9.91. The second kappa shape index (κ2) is 6.08. The number of carbonyl (C=O) groups excluding carboxylic acids is 1. The van der Waals surface area contributed by atoms with Gasteiger partial charge in [0.15, 0.2) is 0 Å². The lowest BCUT2D eigenvalue weighted by Crippen LogP contribution is -2.28. The molecule has 114 valence electrons. The van der Waals surface area contributed by atoms with E-state index in [0.29, 0.717) is 5.92 Å². The van der Waals surface area contributed by atoms with Crippen molar-refractivity contribution in [1.29, 1.82) is 0 Å². The summed E-state index contributed by atoms with van der Waals surface area (Å²) in [6.45, 7) is 5.51. The molecule has 21 heavy (non-hydrogen) atoms. The normalized spacial score (nSPS) is 19.3. The van der Waals surface area contributed by atoms with Gasteiger partial charge in [-0.1, -0.05) is 19.9 Å². The van der Waals surface area contributed by atoms with Crippen molar-refractivity contribution in [3.63, 3.8) is 0 Å². The summed E-state index contributed by atoms with van der Waals surface area (Å²) in [6.07, 6.45) is 5.75. The molecular weight excluding hydrogens is 262 g/mol. The monoisotopic (exact) mass is 287 g/mol. The van der Waals surface area contributed by atoms with Crippen molar-refractivity contribution in [2.24, 2.45) is 5.92 Å². The average molecular weight is 287 g/mol. The van der Waals surface area contributed by atoms with E-state index in [2.05, 4.69) is 17.4 Å². The van der Waals surface area contributed by atoms with E-state index in [1.807, 2.05) is 13.8 Å². The summed E-state index contributed by atoms with van der Waals surface area (Å²) in [5.41, 5.74) is 4.55. The van der Waals surface area contributed by atoms with Gasteiger partial charge in [0.25, 0.3) is 0 Å². The number of fused-ring (bicyclic) bond motifs is 3. The molecule has 1 atom stereocenters. The molecule has 0 bridgehead atoms. The quantitative estimate of drug-likeness (QED) is 0.845. The van der Waals surface area contributed by atoms with Crippen molar-refractivity contribution in [3.8, 4) is 5.75 Å². The maximum absolute atomic E-state index is 11.6. The van der Waals surface area contributed by atoms with Gasteiger partial charge in [-0.2, -0.15) is 0 Å². The summed E-state index contributed by atoms with van der Waals surface area (Å²) in [4.78, 5) is 11.6. The highest BCUT2D eigenvalue weighted by Crippen LogP contribution is 2.43. The van der Waals surface area contributed by atoms with Gasteiger partial charge in [0, 0.05) is 24.4 Å². The fourth-order valence-corrected chi connectivity index (χ4v) is 3.60. The molecule has 3 nitrogen and oxygen atoms in total. The van der Waals surface area contributed by atoms with Crippen molar-refractivity contribution < 1.29 is 9.53 Å². The highest BCUT2D eigenvalue weighted by molar-refractivity contribution is 5.77. The molecule has 0 saturated carbocycles. The van der Waals surface area contributed by atoms with Gasteiger partial charge in [-0.05, 0) is 48.8 Å². The van der Waals surface area contributed by atoms with Crippen LogP contribution >= 0.6 is 0 Å². The average Bonchev–Trinajstić information content (AvgIpc) is 3.08. The number of amides is 1. The lowest BCUT2D eigenvalue weighted by Gasteiger charge is -2.15. The van der Waals surface area contributed by atoms with Crippen LogP contribution < -0.4 is 10.1 Å². The second-order valence-corrected chi connectivity index (χ2v) is 6.54. The number of nitrogens with one attached hydrogen (secondary N) is 1. The van der Waals surface area contributed by atoms with E-state index in [9.17, 15) is 4.79 Å². The Morgan fingerprint density at radius 1 is 1.38 bits per heavy atom. The number of aryl methyl sites for hydroxylation is 1. The van der Waals surface area contributed by atoms with Gasteiger partial charge in [-0.3, -0.25) is 4.79 Å². The van der Waals surface area contributed by atoms with Gasteiger partial charge >= 0.3 is 0 Å². The van der Waals surface area contributed by atoms with Gasteiger partial charge < -0.3 is 10.1 Å². The third-order valence-electron chi connectivity index (χ3n) is 4.74. The highest BCUT2D eigenvalue weighted by Gasteiger charge is 2.28. The van der Waals surface area contributed by atoms with Crippen LogP contribution in [0.3, 0.4) is 0 Å². The van der Waals surface area contributed by atoms with Gasteiger partial charge in [-0.15, -0.1) is 0 Å². The molecule has 0 saturated heterocycles. The minimum absolute atomic E-state index is 0.0811. The maximum atomic E-state index is 11.6. The summed E-state index contributed by atoms with van der Waals surface area (Å²) in [5.74, 6) is 2.01. The Balaban J connectivity index is 1.58. The van der Waals surface area contributed by atoms with Crippen molar-refractivity contribution in [3.05, 3.63) is 28.8 Å². The Bertz CT molecular complexity index is 536. The zero-order valence-corrected chi connectivity index (χ0v) is 13.1. The molecule has 0 radical (unpaired) electrons. The Morgan fingerprint density at radius 3 is 3.05 bits per heavy atom. The lowest BCUT2D eigenvalue weighted by molar-refractivity contribution is -0.123. The molecule has 3 rings (SSSR count). The summed E-state index contributed by atoms with van der Waals surface area (Å²) in [7, 11) is 0. The first-order chi connectivity index (χ1) is 10.2. The zero-order valence-electron chi connectivity index (χ0n) is 13.1. The van der Waals surface area contributed by atoms with Crippen LogP contribution in [0.2, 0.25) is 0 Å². The van der Waals surface area contributed by atoms with E-state index in [0.717, 1.165) is 31.7 Å². The Morgan fingerprint density at radius 2 is 2.24 bits per heavy atom. The first-order valence-electron chi connectivity index (χ1n) is 8.22. The Kier molecular flexibility index (Phi) is 4.18. The van der Waals surface area contributed by atoms with E-state index in [-0.39, 0.29) is 11.8 Å². The molecule has 1 aromatic carbocycles. The molecule has 2 aliphatic rings. The number of benzene rings is 1. The molecule has 1 aromatic rings. The van der Waals surface area contributed by atoms with Gasteiger partial charge in [-0.25, -0.2) is 0 Å². The third-order valence-corrected chi connectivity index (χ3v) is 4.74. The fraction of sp³-hybridized carbons (Fsp3) is 0.611. The molecule has 1 N–H and O–H groups in total. The van der Waals surface area contributed by atoms with E-state index < -0.39 is 0 Å². The van der Waals surface area contributed by atoms with Crippen LogP contribution in [0.1, 0.15) is 55.7 Å². The molecule has 0 fully saturated rings. The topological polar surface area (TPSA) is 38.3 Å². The fourth-order valence-electron chi connectivity index (χ4n) is 3.60. The first-order valence-corrected chi connectivity index (χ1v) is 8.22. The van der Waals surface area contributed by atoms with Gasteiger partial charge in [0.2, 0.25) is 5.91 Å². The molecule has 1 aliphatic heterocycles. The summed E-state index contributed by atoms with van der Waals surface area (Å²) >= 11 is 0. The predicted molar refractivity (Wildman–Crippen MR) is 83.8 cm³/mol. The number of ether oxygens (including phenoxy) is 1. The van der Waals surface area contributed by atoms with E-state index in [4.69, 9.17) is 4.74 Å². The minimum Gasteiger partial charge on any atom is -0.493 e. The summed E-state index contributed by atoms with van der Waals surface area (Å²) in [5, 5.41) is 3.02. The van der Waals surface area contributed by atoms with Crippen LogP contribution in [0.25, 0.3) is 0 Å². The largest absolute Gasteiger partial charge is 0.493 e. The Hall–Kier alpha value is -1.51. The van der Waals surface area contributed by atoms with Crippen molar-refractivity contribution in [2.75, 3.05) is 13.2 Å². The smallest absolute Gasteiger partial charge is 0.222 e. The van der Waals surface area contributed by atoms with Crippen LogP contribution in [0, 0.1) is 5.92 Å². The number of hydrogen-bond acceptors (Lipinski definition) is 2. The van der Waals surface area contributed by atoms with Crippen molar-refractivity contribution >= 4 is 5.91 Å². The van der Waals surface area contributed by atoms with Crippen LogP contribution in [-0.4, -0.2) is 19.1 Å². The Labute approximate surface area is 127 Å². The minimum atomic E-state index is 0.0811.